The van der Waals surface area contributed by atoms with Gasteiger partial charge in [0.05, 0.1) is 11.8 Å². The monoisotopic (exact) mass is 305 g/mol. The lowest BCUT2D eigenvalue weighted by atomic mass is 10.1. The maximum absolute atomic E-state index is 12.5. The second-order valence-corrected chi connectivity index (χ2v) is 3.55. The van der Waals surface area contributed by atoms with E-state index in [0.29, 0.717) is 6.20 Å². The molecule has 0 atom stereocenters. The van der Waals surface area contributed by atoms with Gasteiger partial charge in [0, 0.05) is 0 Å². The number of nitrogens with zero attached hydrogens (tertiary/aromatic N) is 1. The topological polar surface area (TPSA) is 22.1 Å². The molecule has 0 unspecified atom stereocenters. The van der Waals surface area contributed by atoms with Crippen LogP contribution in [0.1, 0.15) is 17.6 Å². The summed E-state index contributed by atoms with van der Waals surface area (Å²) in [6, 6.07) is 0. The first kappa shape index (κ1) is 13.1. The molecule has 0 saturated carbocycles. The molecule has 0 N–H and O–H groups in total. The van der Waals surface area contributed by atoms with Crippen molar-refractivity contribution in [3.05, 3.63) is 21.9 Å². The van der Waals surface area contributed by atoms with E-state index in [-0.39, 0.29) is 10.2 Å². The lowest BCUT2D eigenvalue weighted by Crippen LogP contribution is -2.19. The van der Waals surface area contributed by atoms with Gasteiger partial charge in [0.15, 0.2) is 5.75 Å². The van der Waals surface area contributed by atoms with Crippen LogP contribution in [0.2, 0.25) is 0 Å². The van der Waals surface area contributed by atoms with E-state index in [2.05, 4.69) is 25.7 Å². The molecule has 0 aliphatic rings. The van der Waals surface area contributed by atoms with Crippen LogP contribution in [0.25, 0.3) is 0 Å². The molecule has 0 fully saturated rings. The average molecular weight is 306 g/mol. The van der Waals surface area contributed by atoms with Crippen molar-refractivity contribution in [2.45, 2.75) is 19.7 Å². The van der Waals surface area contributed by atoms with E-state index in [1.54, 1.807) is 0 Å². The minimum Gasteiger partial charge on any atom is -0.404 e. The van der Waals surface area contributed by atoms with Crippen LogP contribution in [-0.4, -0.2) is 11.3 Å². The summed E-state index contributed by atoms with van der Waals surface area (Å²) in [5, 5.41) is 0. The van der Waals surface area contributed by atoms with Crippen LogP contribution < -0.4 is 4.74 Å². The molecule has 0 aromatic carbocycles. The first-order valence-corrected chi connectivity index (χ1v) is 4.70. The lowest BCUT2D eigenvalue weighted by molar-refractivity contribution is -0.275. The van der Waals surface area contributed by atoms with Gasteiger partial charge in [-0.05, 0) is 28.4 Å². The van der Waals surface area contributed by atoms with E-state index in [1.165, 1.54) is 6.92 Å². The molecule has 2 nitrogen and oxygen atoms in total. The summed E-state index contributed by atoms with van der Waals surface area (Å²) in [6.45, 7) is 1.22. The number of ether oxygens (including phenoxy) is 1. The van der Waals surface area contributed by atoms with Gasteiger partial charge in [-0.25, -0.2) is 13.8 Å². The molecule has 0 radical (unpaired) electrons. The number of hydrogen-bond donors (Lipinski definition) is 0. The summed E-state index contributed by atoms with van der Waals surface area (Å²) >= 11 is 2.85. The van der Waals surface area contributed by atoms with Gasteiger partial charge in [-0.15, -0.1) is 13.2 Å². The third-order valence-electron chi connectivity index (χ3n) is 1.72. The fourth-order valence-corrected chi connectivity index (χ4v) is 1.37. The second kappa shape index (κ2) is 4.52. The zero-order valence-electron chi connectivity index (χ0n) is 7.78. The Hall–Kier alpha value is -0.920. The van der Waals surface area contributed by atoms with E-state index in [9.17, 15) is 22.0 Å². The smallest absolute Gasteiger partial charge is 0.404 e. The van der Waals surface area contributed by atoms with E-state index < -0.39 is 24.1 Å². The van der Waals surface area contributed by atoms with E-state index in [1.807, 2.05) is 0 Å². The van der Waals surface area contributed by atoms with Crippen LogP contribution >= 0.6 is 15.9 Å². The van der Waals surface area contributed by atoms with Crippen LogP contribution in [0.3, 0.4) is 0 Å². The molecule has 0 bridgehead atoms. The Labute approximate surface area is 95.6 Å². The van der Waals surface area contributed by atoms with E-state index >= 15 is 0 Å². The highest BCUT2D eigenvalue weighted by Crippen LogP contribution is 2.36. The minimum absolute atomic E-state index is 0.0531. The molecule has 0 aliphatic carbocycles. The Morgan fingerprint density at radius 1 is 1.38 bits per heavy atom. The largest absolute Gasteiger partial charge is 0.573 e. The standard InChI is InChI=1S/C8H5BrF5NO/c1-3-5(7(10)11)4(2-15-6(3)9)16-8(12,13)14/h2,7H,1H3. The number of halogens is 6. The van der Waals surface area contributed by atoms with E-state index in [4.69, 9.17) is 0 Å². The Morgan fingerprint density at radius 3 is 2.38 bits per heavy atom. The number of aromatic nitrogens is 1. The summed E-state index contributed by atoms with van der Waals surface area (Å²) in [6.07, 6.45) is -7.49. The second-order valence-electron chi connectivity index (χ2n) is 2.80. The SMILES string of the molecule is Cc1c(Br)ncc(OC(F)(F)F)c1C(F)F. The Kier molecular flexibility index (Phi) is 3.72. The number of pyridine rings is 1. The van der Waals surface area contributed by atoms with E-state index in [0.717, 1.165) is 0 Å². The zero-order chi connectivity index (χ0) is 12.5. The molecule has 1 rings (SSSR count). The van der Waals surface area contributed by atoms with Crippen LogP contribution in [0.4, 0.5) is 22.0 Å². The van der Waals surface area contributed by atoms with Crippen LogP contribution in [-0.2, 0) is 0 Å². The maximum atomic E-state index is 12.5. The van der Waals surface area contributed by atoms with Gasteiger partial charge in [0.25, 0.3) is 6.43 Å². The molecule has 1 heterocycles. The lowest BCUT2D eigenvalue weighted by Gasteiger charge is -2.14. The predicted molar refractivity (Wildman–Crippen MR) is 48.3 cm³/mol. The quantitative estimate of drug-likeness (QED) is 0.609. The van der Waals surface area contributed by atoms with Crippen molar-refractivity contribution < 1.29 is 26.7 Å². The molecule has 8 heteroatoms. The summed E-state index contributed by atoms with van der Waals surface area (Å²) in [7, 11) is 0. The van der Waals surface area contributed by atoms with Crippen LogP contribution in [0.5, 0.6) is 5.75 Å². The van der Waals surface area contributed by atoms with Crippen molar-refractivity contribution in [3.63, 3.8) is 0 Å². The molecule has 1 aromatic rings. The maximum Gasteiger partial charge on any atom is 0.573 e. The van der Waals surface area contributed by atoms with Crippen molar-refractivity contribution in [2.75, 3.05) is 0 Å². The molecule has 1 aromatic heterocycles. The van der Waals surface area contributed by atoms with Crippen molar-refractivity contribution >= 4 is 15.9 Å². The van der Waals surface area contributed by atoms with Crippen molar-refractivity contribution in [1.29, 1.82) is 0 Å². The third-order valence-corrected chi connectivity index (χ3v) is 2.52. The van der Waals surface area contributed by atoms with Gasteiger partial charge in [-0.3, -0.25) is 0 Å². The summed E-state index contributed by atoms with van der Waals surface area (Å²) in [5.41, 5.74) is -0.907. The van der Waals surface area contributed by atoms with Gasteiger partial charge in [0.2, 0.25) is 0 Å². The Morgan fingerprint density at radius 2 is 1.94 bits per heavy atom. The fourth-order valence-electron chi connectivity index (χ4n) is 1.05. The number of alkyl halides is 5. The molecular weight excluding hydrogens is 301 g/mol. The molecule has 0 spiro atoms. The molecule has 16 heavy (non-hydrogen) atoms. The van der Waals surface area contributed by atoms with Crippen molar-refractivity contribution in [3.8, 4) is 5.75 Å². The number of rotatable bonds is 2. The van der Waals surface area contributed by atoms with Gasteiger partial charge < -0.3 is 4.74 Å². The molecule has 0 saturated heterocycles. The summed E-state index contributed by atoms with van der Waals surface area (Å²) in [5.74, 6) is -0.983. The zero-order valence-corrected chi connectivity index (χ0v) is 9.36. The molecule has 0 aliphatic heterocycles. The summed E-state index contributed by atoms with van der Waals surface area (Å²) in [4.78, 5) is 3.46. The molecule has 0 amide bonds. The normalized spacial score (nSPS) is 12.0. The highest BCUT2D eigenvalue weighted by Gasteiger charge is 2.34. The average Bonchev–Trinajstić information content (AvgIpc) is 2.08. The number of hydrogen-bond acceptors (Lipinski definition) is 2. The predicted octanol–water partition coefficient (Wildman–Crippen LogP) is 3.99. The summed E-state index contributed by atoms with van der Waals surface area (Å²) < 4.78 is 64.3. The van der Waals surface area contributed by atoms with Crippen LogP contribution in [0, 0.1) is 6.92 Å². The van der Waals surface area contributed by atoms with Crippen molar-refractivity contribution in [2.24, 2.45) is 0 Å². The molecular formula is C8H5BrF5NO. The Bertz CT molecular complexity index is 393. The first-order chi connectivity index (χ1) is 7.22. The minimum atomic E-state index is -5.02. The van der Waals surface area contributed by atoms with Gasteiger partial charge >= 0.3 is 6.36 Å². The van der Waals surface area contributed by atoms with Crippen molar-refractivity contribution in [1.82, 2.24) is 4.98 Å². The fraction of sp³-hybridized carbons (Fsp3) is 0.375. The third kappa shape index (κ3) is 3.03. The first-order valence-electron chi connectivity index (χ1n) is 3.91. The highest BCUT2D eigenvalue weighted by atomic mass is 79.9. The molecule has 90 valence electrons. The van der Waals surface area contributed by atoms with Gasteiger partial charge in [0.1, 0.15) is 4.60 Å². The highest BCUT2D eigenvalue weighted by molar-refractivity contribution is 9.10. The van der Waals surface area contributed by atoms with Gasteiger partial charge in [-0.2, -0.15) is 0 Å². The van der Waals surface area contributed by atoms with Crippen LogP contribution in [0.15, 0.2) is 10.8 Å². The van der Waals surface area contributed by atoms with Gasteiger partial charge in [-0.1, -0.05) is 0 Å². The Balaban J connectivity index is 3.24.